The lowest BCUT2D eigenvalue weighted by atomic mass is 10.1. The van der Waals surface area contributed by atoms with E-state index in [4.69, 9.17) is 0 Å². The number of amides is 1. The van der Waals surface area contributed by atoms with Crippen molar-refractivity contribution < 1.29 is 13.2 Å². The smallest absolute Gasteiger partial charge is 0.264 e. The van der Waals surface area contributed by atoms with Gasteiger partial charge in [0.1, 0.15) is 0 Å². The molecule has 1 amide bonds. The Hall–Kier alpha value is -1.62. The number of para-hydroxylation sites is 1. The van der Waals surface area contributed by atoms with Crippen LogP contribution in [0, 0.1) is 0 Å². The molecule has 0 unspecified atom stereocenters. The highest BCUT2D eigenvalue weighted by atomic mass is 32.2. The first-order valence-corrected chi connectivity index (χ1v) is 6.42. The highest BCUT2D eigenvalue weighted by Gasteiger charge is 2.29. The zero-order valence-electron chi connectivity index (χ0n) is 8.75. The quantitative estimate of drug-likeness (QED) is 0.747. The third-order valence-electron chi connectivity index (χ3n) is 2.36. The Morgan fingerprint density at radius 2 is 2.00 bits per heavy atom. The van der Waals surface area contributed by atoms with Crippen LogP contribution in [0.5, 0.6) is 0 Å². The molecule has 16 heavy (non-hydrogen) atoms. The molecule has 0 fully saturated rings. The van der Waals surface area contributed by atoms with E-state index in [1.165, 1.54) is 6.08 Å². The molecule has 0 spiro atoms. The third kappa shape index (κ3) is 1.63. The van der Waals surface area contributed by atoms with Gasteiger partial charge in [0.15, 0.2) is 0 Å². The van der Waals surface area contributed by atoms with Crippen LogP contribution < -0.4 is 4.31 Å². The van der Waals surface area contributed by atoms with Crippen LogP contribution in [0.4, 0.5) is 5.69 Å². The Morgan fingerprint density at radius 1 is 1.31 bits per heavy atom. The van der Waals surface area contributed by atoms with Gasteiger partial charge in [0.05, 0.1) is 11.1 Å². The summed E-state index contributed by atoms with van der Waals surface area (Å²) in [7, 11) is -3.65. The van der Waals surface area contributed by atoms with Gasteiger partial charge >= 0.3 is 0 Å². The maximum absolute atomic E-state index is 11.8. The van der Waals surface area contributed by atoms with Crippen LogP contribution in [0.1, 0.15) is 18.9 Å². The maximum Gasteiger partial charge on any atom is 0.264 e. The summed E-state index contributed by atoms with van der Waals surface area (Å²) in [5.74, 6) is -0.420. The topological polar surface area (TPSA) is 54.5 Å². The fourth-order valence-corrected chi connectivity index (χ4v) is 2.88. The van der Waals surface area contributed by atoms with Crippen molar-refractivity contribution >= 4 is 27.7 Å². The first-order chi connectivity index (χ1) is 7.56. The lowest BCUT2D eigenvalue weighted by molar-refractivity contribution is -0.117. The molecule has 0 N–H and O–H groups in total. The number of rotatable bonds is 1. The second-order valence-corrected chi connectivity index (χ2v) is 5.09. The van der Waals surface area contributed by atoms with E-state index < -0.39 is 15.9 Å². The van der Waals surface area contributed by atoms with Crippen molar-refractivity contribution in [1.29, 1.82) is 0 Å². The number of benzene rings is 1. The minimum atomic E-state index is -3.65. The zero-order chi connectivity index (χ0) is 11.8. The lowest BCUT2D eigenvalue weighted by Gasteiger charge is -2.24. The van der Waals surface area contributed by atoms with Crippen molar-refractivity contribution in [3.05, 3.63) is 35.2 Å². The van der Waals surface area contributed by atoms with Crippen molar-refractivity contribution in [2.45, 2.75) is 13.3 Å². The second kappa shape index (κ2) is 3.75. The highest BCUT2D eigenvalue weighted by molar-refractivity contribution is 7.96. The standard InChI is InChI=1S/C11H11NO3S/c1-2-11(13)12-10-6-4-3-5-9(10)7-8-16(12,14)15/h3-8H,2H2,1H3. The number of anilines is 1. The predicted molar refractivity (Wildman–Crippen MR) is 62.2 cm³/mol. The molecule has 0 atom stereocenters. The number of carbonyl (C=O) groups excluding carboxylic acids is 1. The second-order valence-electron chi connectivity index (χ2n) is 3.42. The average molecular weight is 237 g/mol. The molecule has 1 aromatic carbocycles. The van der Waals surface area contributed by atoms with E-state index in [1.807, 2.05) is 0 Å². The molecule has 0 aromatic heterocycles. The number of carbonyl (C=O) groups is 1. The number of hydrogen-bond acceptors (Lipinski definition) is 3. The van der Waals surface area contributed by atoms with E-state index in [0.717, 1.165) is 15.3 Å². The molecule has 0 saturated carbocycles. The van der Waals surface area contributed by atoms with E-state index in [0.29, 0.717) is 5.69 Å². The molecule has 0 saturated heterocycles. The molecule has 0 bridgehead atoms. The van der Waals surface area contributed by atoms with Crippen LogP contribution in [0.15, 0.2) is 29.7 Å². The van der Waals surface area contributed by atoms with Gasteiger partial charge < -0.3 is 0 Å². The van der Waals surface area contributed by atoms with E-state index in [1.54, 1.807) is 31.2 Å². The van der Waals surface area contributed by atoms with Gasteiger partial charge in [-0.3, -0.25) is 4.79 Å². The summed E-state index contributed by atoms with van der Waals surface area (Å²) in [4.78, 5) is 11.7. The van der Waals surface area contributed by atoms with E-state index >= 15 is 0 Å². The van der Waals surface area contributed by atoms with Crippen LogP contribution in [0.25, 0.3) is 6.08 Å². The zero-order valence-corrected chi connectivity index (χ0v) is 9.57. The molecule has 4 nitrogen and oxygen atoms in total. The fourth-order valence-electron chi connectivity index (χ4n) is 1.59. The molecule has 5 heteroatoms. The van der Waals surface area contributed by atoms with Gasteiger partial charge in [0.2, 0.25) is 5.91 Å². The average Bonchev–Trinajstić information content (AvgIpc) is 2.27. The third-order valence-corrected chi connectivity index (χ3v) is 3.75. The summed E-state index contributed by atoms with van der Waals surface area (Å²) < 4.78 is 24.4. The molecular weight excluding hydrogens is 226 g/mol. The van der Waals surface area contributed by atoms with Crippen molar-refractivity contribution in [2.24, 2.45) is 0 Å². The van der Waals surface area contributed by atoms with Gasteiger partial charge in [-0.1, -0.05) is 25.1 Å². The van der Waals surface area contributed by atoms with E-state index in [2.05, 4.69) is 0 Å². The van der Waals surface area contributed by atoms with Crippen molar-refractivity contribution in [2.75, 3.05) is 4.31 Å². The molecule has 1 aliphatic heterocycles. The van der Waals surface area contributed by atoms with Crippen LogP contribution in [0.2, 0.25) is 0 Å². The summed E-state index contributed by atoms with van der Waals surface area (Å²) in [6, 6.07) is 6.92. The summed E-state index contributed by atoms with van der Waals surface area (Å²) in [5.41, 5.74) is 1.16. The molecule has 1 aromatic rings. The molecule has 2 rings (SSSR count). The minimum absolute atomic E-state index is 0.154. The summed E-state index contributed by atoms with van der Waals surface area (Å²) >= 11 is 0. The Labute approximate surface area is 94.2 Å². The number of hydrogen-bond donors (Lipinski definition) is 0. The van der Waals surface area contributed by atoms with Gasteiger partial charge in [-0.25, -0.2) is 12.7 Å². The normalized spacial score (nSPS) is 16.9. The molecule has 84 valence electrons. The summed E-state index contributed by atoms with van der Waals surface area (Å²) in [6.07, 6.45) is 1.66. The Balaban J connectivity index is 2.64. The number of nitrogens with zero attached hydrogens (tertiary/aromatic N) is 1. The highest BCUT2D eigenvalue weighted by Crippen LogP contribution is 2.30. The van der Waals surface area contributed by atoms with Crippen molar-refractivity contribution in [3.63, 3.8) is 0 Å². The largest absolute Gasteiger partial charge is 0.273 e. The minimum Gasteiger partial charge on any atom is -0.273 e. The van der Waals surface area contributed by atoms with Crippen LogP contribution in [-0.2, 0) is 14.8 Å². The molecule has 1 aliphatic rings. The predicted octanol–water partition coefficient (Wildman–Crippen LogP) is 1.74. The van der Waals surface area contributed by atoms with E-state index in [-0.39, 0.29) is 6.42 Å². The van der Waals surface area contributed by atoms with Crippen LogP contribution in [0.3, 0.4) is 0 Å². The Morgan fingerprint density at radius 3 is 2.69 bits per heavy atom. The van der Waals surface area contributed by atoms with Gasteiger partial charge in [-0.15, -0.1) is 0 Å². The first-order valence-electron chi connectivity index (χ1n) is 4.91. The van der Waals surface area contributed by atoms with Gasteiger partial charge in [0.25, 0.3) is 10.0 Å². The van der Waals surface area contributed by atoms with Gasteiger partial charge in [0, 0.05) is 12.0 Å². The maximum atomic E-state index is 11.8. The molecule has 0 aliphatic carbocycles. The molecule has 1 heterocycles. The summed E-state index contributed by atoms with van der Waals surface area (Å²) in [6.45, 7) is 1.64. The van der Waals surface area contributed by atoms with Gasteiger partial charge in [-0.05, 0) is 12.1 Å². The SMILES string of the molecule is CCC(=O)N1c2ccccc2C=CS1(=O)=O. The van der Waals surface area contributed by atoms with Crippen molar-refractivity contribution in [3.8, 4) is 0 Å². The number of fused-ring (bicyclic) bond motifs is 1. The first kappa shape index (κ1) is 10.9. The monoisotopic (exact) mass is 237 g/mol. The lowest BCUT2D eigenvalue weighted by Crippen LogP contribution is -2.36. The van der Waals surface area contributed by atoms with E-state index in [9.17, 15) is 13.2 Å². The van der Waals surface area contributed by atoms with Crippen LogP contribution >= 0.6 is 0 Å². The summed E-state index contributed by atoms with van der Waals surface area (Å²) in [5, 5.41) is 1.06. The number of sulfonamides is 1. The van der Waals surface area contributed by atoms with Gasteiger partial charge in [-0.2, -0.15) is 0 Å². The molecular formula is C11H11NO3S. The van der Waals surface area contributed by atoms with Crippen molar-refractivity contribution in [1.82, 2.24) is 0 Å². The Kier molecular flexibility index (Phi) is 2.55. The Bertz CT molecular complexity index is 560. The van der Waals surface area contributed by atoms with Crippen LogP contribution in [-0.4, -0.2) is 14.3 Å². The molecule has 0 radical (unpaired) electrons. The fraction of sp³-hybridized carbons (Fsp3) is 0.182.